The van der Waals surface area contributed by atoms with Crippen molar-refractivity contribution in [2.75, 3.05) is 12.0 Å². The number of hydrogen-bond donors (Lipinski definition) is 1. The molecule has 60 valence electrons. The van der Waals surface area contributed by atoms with E-state index in [1.807, 2.05) is 18.2 Å². The Hall–Kier alpha value is -0.470. The Balaban J connectivity index is 2.61. The first kappa shape index (κ1) is 8.62. The second kappa shape index (κ2) is 4.42. The summed E-state index contributed by atoms with van der Waals surface area (Å²) in [5, 5.41) is 0. The Bertz CT molecular complexity index is 198. The summed E-state index contributed by atoms with van der Waals surface area (Å²) in [6.45, 7) is 0. The van der Waals surface area contributed by atoms with Gasteiger partial charge in [-0.2, -0.15) is 11.8 Å². The predicted molar refractivity (Wildman–Crippen MR) is 51.8 cm³/mol. The molecule has 11 heavy (non-hydrogen) atoms. The Morgan fingerprint density at radius 3 is 2.55 bits per heavy atom. The van der Waals surface area contributed by atoms with Crippen molar-refractivity contribution < 1.29 is 0 Å². The summed E-state index contributed by atoms with van der Waals surface area (Å²) in [7, 11) is 0. The zero-order chi connectivity index (χ0) is 8.10. The highest BCUT2D eigenvalue weighted by molar-refractivity contribution is 7.98. The molecular weight excluding hydrogens is 154 g/mol. The molecule has 1 aromatic carbocycles. The first-order chi connectivity index (χ1) is 5.34. The maximum absolute atomic E-state index is 5.88. The number of rotatable bonds is 3. The molecule has 0 aliphatic heterocycles. The van der Waals surface area contributed by atoms with Crippen molar-refractivity contribution in [1.29, 1.82) is 0 Å². The van der Waals surface area contributed by atoms with Crippen LogP contribution in [0.25, 0.3) is 0 Å². The van der Waals surface area contributed by atoms with Crippen LogP contribution in [0.1, 0.15) is 11.6 Å². The Kier molecular flexibility index (Phi) is 3.46. The number of hydrogen-bond acceptors (Lipinski definition) is 2. The average Bonchev–Trinajstić information content (AvgIpc) is 2.07. The molecule has 2 heteroatoms. The summed E-state index contributed by atoms with van der Waals surface area (Å²) in [5.74, 6) is 0.990. The van der Waals surface area contributed by atoms with Crippen molar-refractivity contribution in [1.82, 2.24) is 0 Å². The van der Waals surface area contributed by atoms with E-state index in [0.717, 1.165) is 5.75 Å². The molecule has 0 amide bonds. The molecule has 0 saturated heterocycles. The van der Waals surface area contributed by atoms with Gasteiger partial charge in [-0.25, -0.2) is 0 Å². The van der Waals surface area contributed by atoms with Gasteiger partial charge in [0.05, 0.1) is 0 Å². The van der Waals surface area contributed by atoms with Crippen LogP contribution in [-0.2, 0) is 0 Å². The van der Waals surface area contributed by atoms with E-state index in [4.69, 9.17) is 5.73 Å². The third-order valence-electron chi connectivity index (χ3n) is 1.57. The number of benzene rings is 1. The van der Waals surface area contributed by atoms with Crippen LogP contribution in [0.15, 0.2) is 30.3 Å². The van der Waals surface area contributed by atoms with Crippen LogP contribution < -0.4 is 5.73 Å². The zero-order valence-electron chi connectivity index (χ0n) is 6.66. The molecule has 0 bridgehead atoms. The standard InChI is InChI=1S/C9H13NS/c1-11-7-9(10)8-5-3-2-4-6-8/h2-6,9H,7,10H2,1H3/t9-/m0/s1. The van der Waals surface area contributed by atoms with Gasteiger partial charge in [0.25, 0.3) is 0 Å². The van der Waals surface area contributed by atoms with Crippen LogP contribution >= 0.6 is 11.8 Å². The van der Waals surface area contributed by atoms with Crippen LogP contribution in [0.5, 0.6) is 0 Å². The second-order valence-electron chi connectivity index (χ2n) is 2.47. The lowest BCUT2D eigenvalue weighted by Crippen LogP contribution is -2.12. The van der Waals surface area contributed by atoms with E-state index < -0.39 is 0 Å². The largest absolute Gasteiger partial charge is 0.323 e. The molecule has 0 aliphatic carbocycles. The molecule has 0 aliphatic rings. The van der Waals surface area contributed by atoms with Gasteiger partial charge >= 0.3 is 0 Å². The molecule has 0 radical (unpaired) electrons. The van der Waals surface area contributed by atoms with Crippen LogP contribution in [0.2, 0.25) is 0 Å². The molecule has 0 saturated carbocycles. The Morgan fingerprint density at radius 1 is 1.36 bits per heavy atom. The monoisotopic (exact) mass is 167 g/mol. The van der Waals surface area contributed by atoms with Gasteiger partial charge in [-0.05, 0) is 11.8 Å². The van der Waals surface area contributed by atoms with E-state index in [2.05, 4.69) is 18.4 Å². The van der Waals surface area contributed by atoms with E-state index in [9.17, 15) is 0 Å². The smallest absolute Gasteiger partial charge is 0.0386 e. The van der Waals surface area contributed by atoms with E-state index in [-0.39, 0.29) is 6.04 Å². The highest BCUT2D eigenvalue weighted by Crippen LogP contribution is 2.12. The number of nitrogens with two attached hydrogens (primary N) is 1. The zero-order valence-corrected chi connectivity index (χ0v) is 7.47. The minimum absolute atomic E-state index is 0.186. The fourth-order valence-electron chi connectivity index (χ4n) is 0.976. The van der Waals surface area contributed by atoms with Crippen molar-refractivity contribution in [3.05, 3.63) is 35.9 Å². The average molecular weight is 167 g/mol. The van der Waals surface area contributed by atoms with Crippen LogP contribution in [-0.4, -0.2) is 12.0 Å². The second-order valence-corrected chi connectivity index (χ2v) is 3.38. The molecule has 1 rings (SSSR count). The van der Waals surface area contributed by atoms with Crippen LogP contribution in [0, 0.1) is 0 Å². The topological polar surface area (TPSA) is 26.0 Å². The summed E-state index contributed by atoms with van der Waals surface area (Å²) in [6.07, 6.45) is 2.07. The molecule has 0 spiro atoms. The first-order valence-electron chi connectivity index (χ1n) is 3.64. The molecule has 0 aromatic heterocycles. The summed E-state index contributed by atoms with van der Waals surface area (Å²) < 4.78 is 0. The van der Waals surface area contributed by atoms with E-state index in [1.165, 1.54) is 5.56 Å². The van der Waals surface area contributed by atoms with E-state index >= 15 is 0 Å². The van der Waals surface area contributed by atoms with Crippen molar-refractivity contribution in [3.63, 3.8) is 0 Å². The predicted octanol–water partition coefficient (Wildman–Crippen LogP) is 2.05. The van der Waals surface area contributed by atoms with Crippen molar-refractivity contribution in [2.24, 2.45) is 5.73 Å². The molecule has 1 aromatic rings. The lowest BCUT2D eigenvalue weighted by Gasteiger charge is -2.08. The van der Waals surface area contributed by atoms with Gasteiger partial charge in [-0.3, -0.25) is 0 Å². The molecule has 0 fully saturated rings. The quantitative estimate of drug-likeness (QED) is 0.745. The lowest BCUT2D eigenvalue weighted by atomic mass is 10.1. The fraction of sp³-hybridized carbons (Fsp3) is 0.333. The Morgan fingerprint density at radius 2 is 2.00 bits per heavy atom. The lowest BCUT2D eigenvalue weighted by molar-refractivity contribution is 0.832. The summed E-state index contributed by atoms with van der Waals surface area (Å²) in [4.78, 5) is 0. The minimum Gasteiger partial charge on any atom is -0.323 e. The fourth-order valence-corrected chi connectivity index (χ4v) is 1.53. The van der Waals surface area contributed by atoms with Gasteiger partial charge in [0, 0.05) is 11.8 Å². The van der Waals surface area contributed by atoms with Gasteiger partial charge in [-0.1, -0.05) is 30.3 Å². The maximum Gasteiger partial charge on any atom is 0.0386 e. The number of thioether (sulfide) groups is 1. The van der Waals surface area contributed by atoms with Crippen molar-refractivity contribution in [2.45, 2.75) is 6.04 Å². The third kappa shape index (κ3) is 2.56. The van der Waals surface area contributed by atoms with Crippen molar-refractivity contribution in [3.8, 4) is 0 Å². The normalized spacial score (nSPS) is 12.9. The highest BCUT2D eigenvalue weighted by Gasteiger charge is 2.01. The molecule has 0 unspecified atom stereocenters. The van der Waals surface area contributed by atoms with Gasteiger partial charge in [0.1, 0.15) is 0 Å². The van der Waals surface area contributed by atoms with Gasteiger partial charge in [0.2, 0.25) is 0 Å². The van der Waals surface area contributed by atoms with E-state index in [0.29, 0.717) is 0 Å². The third-order valence-corrected chi connectivity index (χ3v) is 2.27. The van der Waals surface area contributed by atoms with Gasteiger partial charge < -0.3 is 5.73 Å². The SMILES string of the molecule is CSC[C@H](N)c1ccccc1. The highest BCUT2D eigenvalue weighted by atomic mass is 32.2. The molecule has 2 N–H and O–H groups in total. The Labute approximate surface area is 72.0 Å². The van der Waals surface area contributed by atoms with Gasteiger partial charge in [0.15, 0.2) is 0 Å². The van der Waals surface area contributed by atoms with Crippen LogP contribution in [0.4, 0.5) is 0 Å². The molecular formula is C9H13NS. The van der Waals surface area contributed by atoms with Crippen molar-refractivity contribution >= 4 is 11.8 Å². The molecule has 0 heterocycles. The van der Waals surface area contributed by atoms with Gasteiger partial charge in [-0.15, -0.1) is 0 Å². The van der Waals surface area contributed by atoms with E-state index in [1.54, 1.807) is 11.8 Å². The maximum atomic E-state index is 5.88. The first-order valence-corrected chi connectivity index (χ1v) is 5.03. The summed E-state index contributed by atoms with van der Waals surface area (Å²) in [5.41, 5.74) is 7.11. The van der Waals surface area contributed by atoms with Crippen LogP contribution in [0.3, 0.4) is 0 Å². The minimum atomic E-state index is 0.186. The summed E-state index contributed by atoms with van der Waals surface area (Å²) in [6, 6.07) is 10.4. The molecule has 1 atom stereocenters. The summed E-state index contributed by atoms with van der Waals surface area (Å²) >= 11 is 1.78. The molecule has 1 nitrogen and oxygen atoms in total.